The molecule has 1 aliphatic rings. The van der Waals surface area contributed by atoms with E-state index in [0.29, 0.717) is 13.1 Å². The first kappa shape index (κ1) is 13.9. The average molecular weight is 262 g/mol. The zero-order valence-electron chi connectivity index (χ0n) is 11.8. The second kappa shape index (κ2) is 5.61. The van der Waals surface area contributed by atoms with Gasteiger partial charge in [-0.3, -0.25) is 4.79 Å². The predicted octanol–water partition coefficient (Wildman–Crippen LogP) is 2.31. The first-order valence-electron chi connectivity index (χ1n) is 6.87. The Bertz CT molecular complexity index is 471. The van der Waals surface area contributed by atoms with Crippen molar-refractivity contribution in [2.24, 2.45) is 11.7 Å². The summed E-state index contributed by atoms with van der Waals surface area (Å²) < 4.78 is 5.93. The molecular formula is C15H22N2O2. The lowest BCUT2D eigenvalue weighted by Crippen LogP contribution is -2.45. The van der Waals surface area contributed by atoms with Gasteiger partial charge in [0.25, 0.3) is 0 Å². The maximum atomic E-state index is 12.3. The summed E-state index contributed by atoms with van der Waals surface area (Å²) in [6.45, 7) is 7.02. The number of hydrogen-bond acceptors (Lipinski definition) is 3. The fourth-order valence-corrected chi connectivity index (χ4v) is 2.25. The molecule has 1 amide bonds. The lowest BCUT2D eigenvalue weighted by molar-refractivity contribution is -0.121. The fraction of sp³-hybridized carbons (Fsp3) is 0.533. The molecule has 0 aromatic heterocycles. The summed E-state index contributed by atoms with van der Waals surface area (Å²) in [4.78, 5) is 14.2. The van der Waals surface area contributed by atoms with Crippen LogP contribution in [0.2, 0.25) is 0 Å². The van der Waals surface area contributed by atoms with Crippen molar-refractivity contribution in [2.45, 2.75) is 39.8 Å². The number of nitrogens with zero attached hydrogens (tertiary/aromatic N) is 1. The van der Waals surface area contributed by atoms with Gasteiger partial charge in [0.2, 0.25) is 5.91 Å². The predicted molar refractivity (Wildman–Crippen MR) is 76.2 cm³/mol. The zero-order chi connectivity index (χ0) is 14.0. The minimum absolute atomic E-state index is 0.0161. The summed E-state index contributed by atoms with van der Waals surface area (Å²) >= 11 is 0. The third-order valence-corrected chi connectivity index (χ3v) is 3.45. The molecule has 1 aliphatic heterocycles. The highest BCUT2D eigenvalue weighted by Gasteiger charge is 2.30. The molecule has 1 atom stereocenters. The maximum Gasteiger partial charge on any atom is 0.229 e. The van der Waals surface area contributed by atoms with Crippen molar-refractivity contribution in [1.29, 1.82) is 0 Å². The van der Waals surface area contributed by atoms with E-state index >= 15 is 0 Å². The summed E-state index contributed by atoms with van der Waals surface area (Å²) in [7, 11) is 0. The molecule has 104 valence electrons. The molecule has 0 aliphatic carbocycles. The number of carbonyl (C=O) groups excluding carboxylic acids is 1. The smallest absolute Gasteiger partial charge is 0.229 e. The van der Waals surface area contributed by atoms with Crippen molar-refractivity contribution < 1.29 is 9.53 Å². The van der Waals surface area contributed by atoms with Crippen molar-refractivity contribution in [3.8, 4) is 5.75 Å². The van der Waals surface area contributed by atoms with Crippen LogP contribution < -0.4 is 15.4 Å². The molecule has 4 nitrogen and oxygen atoms in total. The summed E-state index contributed by atoms with van der Waals surface area (Å²) in [6.07, 6.45) is 0.942. The van der Waals surface area contributed by atoms with E-state index in [2.05, 4.69) is 6.92 Å². The first-order valence-corrected chi connectivity index (χ1v) is 6.87. The molecular weight excluding hydrogens is 240 g/mol. The van der Waals surface area contributed by atoms with E-state index in [1.165, 1.54) is 0 Å². The molecule has 1 heterocycles. The Kier molecular flexibility index (Phi) is 4.10. The number of ether oxygens (including phenoxy) is 1. The third kappa shape index (κ3) is 2.73. The fourth-order valence-electron chi connectivity index (χ4n) is 2.25. The summed E-state index contributed by atoms with van der Waals surface area (Å²) in [5, 5.41) is 0. The van der Waals surface area contributed by atoms with Crippen molar-refractivity contribution in [3.05, 3.63) is 23.8 Å². The molecule has 0 saturated heterocycles. The number of rotatable bonds is 3. The van der Waals surface area contributed by atoms with Crippen molar-refractivity contribution in [1.82, 2.24) is 0 Å². The van der Waals surface area contributed by atoms with E-state index in [0.717, 1.165) is 23.4 Å². The number of carbonyl (C=O) groups is 1. The van der Waals surface area contributed by atoms with Gasteiger partial charge in [0, 0.05) is 12.5 Å². The molecule has 1 aromatic carbocycles. The third-order valence-electron chi connectivity index (χ3n) is 3.45. The molecule has 1 unspecified atom stereocenters. The number of nitrogens with two attached hydrogens (primary N) is 1. The van der Waals surface area contributed by atoms with E-state index in [9.17, 15) is 4.79 Å². The van der Waals surface area contributed by atoms with Crippen LogP contribution in [0.5, 0.6) is 5.75 Å². The number of amides is 1. The van der Waals surface area contributed by atoms with Gasteiger partial charge in [0.05, 0.1) is 12.2 Å². The van der Waals surface area contributed by atoms with Gasteiger partial charge in [-0.05, 0) is 24.1 Å². The molecule has 2 N–H and O–H groups in total. The highest BCUT2D eigenvalue weighted by molar-refractivity contribution is 5.96. The van der Waals surface area contributed by atoms with Crippen LogP contribution in [0.3, 0.4) is 0 Å². The van der Waals surface area contributed by atoms with E-state index < -0.39 is 0 Å². The number of anilines is 1. The molecule has 4 heteroatoms. The Morgan fingerprint density at radius 1 is 1.53 bits per heavy atom. The van der Waals surface area contributed by atoms with E-state index in [1.807, 2.05) is 36.9 Å². The van der Waals surface area contributed by atoms with Crippen LogP contribution in [-0.4, -0.2) is 18.6 Å². The monoisotopic (exact) mass is 262 g/mol. The van der Waals surface area contributed by atoms with E-state index in [-0.39, 0.29) is 17.9 Å². The second-order valence-electron chi connectivity index (χ2n) is 5.26. The van der Waals surface area contributed by atoms with Crippen LogP contribution in [0.25, 0.3) is 0 Å². The van der Waals surface area contributed by atoms with Gasteiger partial charge in [-0.25, -0.2) is 0 Å². The minimum atomic E-state index is -0.0161. The molecule has 0 radical (unpaired) electrons. The largest absolute Gasteiger partial charge is 0.486 e. The van der Waals surface area contributed by atoms with E-state index in [4.69, 9.17) is 10.5 Å². The van der Waals surface area contributed by atoms with E-state index in [1.54, 1.807) is 0 Å². The Balaban J connectivity index is 2.39. The summed E-state index contributed by atoms with van der Waals surface area (Å²) in [5.41, 5.74) is 7.54. The van der Waals surface area contributed by atoms with Gasteiger partial charge < -0.3 is 15.4 Å². The molecule has 1 aromatic rings. The molecule has 0 fully saturated rings. The molecule has 0 spiro atoms. The van der Waals surface area contributed by atoms with Gasteiger partial charge in [-0.1, -0.05) is 26.8 Å². The Morgan fingerprint density at radius 2 is 2.26 bits per heavy atom. The van der Waals surface area contributed by atoms with Crippen LogP contribution in [0.1, 0.15) is 32.8 Å². The Hall–Kier alpha value is -1.55. The summed E-state index contributed by atoms with van der Waals surface area (Å²) in [6, 6.07) is 5.83. The molecule has 0 bridgehead atoms. The molecule has 19 heavy (non-hydrogen) atoms. The molecule has 2 rings (SSSR count). The van der Waals surface area contributed by atoms with Crippen molar-refractivity contribution in [3.63, 3.8) is 0 Å². The maximum absolute atomic E-state index is 12.3. The number of hydrogen-bond donors (Lipinski definition) is 1. The normalized spacial score (nSPS) is 18.2. The highest BCUT2D eigenvalue weighted by Crippen LogP contribution is 2.35. The van der Waals surface area contributed by atoms with Gasteiger partial charge in [-0.15, -0.1) is 0 Å². The lowest BCUT2D eigenvalue weighted by Gasteiger charge is -2.35. The molecule has 0 saturated carbocycles. The minimum Gasteiger partial charge on any atom is -0.486 e. The van der Waals surface area contributed by atoms with Crippen molar-refractivity contribution >= 4 is 11.6 Å². The quantitative estimate of drug-likeness (QED) is 0.909. The lowest BCUT2D eigenvalue weighted by atomic mass is 10.1. The highest BCUT2D eigenvalue weighted by atomic mass is 16.5. The average Bonchev–Trinajstić information content (AvgIpc) is 2.44. The topological polar surface area (TPSA) is 55.6 Å². The van der Waals surface area contributed by atoms with Gasteiger partial charge in [-0.2, -0.15) is 0 Å². The van der Waals surface area contributed by atoms with Gasteiger partial charge in [0.1, 0.15) is 11.9 Å². The second-order valence-corrected chi connectivity index (χ2v) is 5.26. The zero-order valence-corrected chi connectivity index (χ0v) is 11.8. The first-order chi connectivity index (χ1) is 9.06. The van der Waals surface area contributed by atoms with Crippen molar-refractivity contribution in [2.75, 3.05) is 11.4 Å². The van der Waals surface area contributed by atoms with Crippen LogP contribution in [-0.2, 0) is 11.3 Å². The number of fused-ring (bicyclic) bond motifs is 1. The SMILES string of the molecule is CCC1CN(C(=O)C(C)C)c2ccc(CN)cc2O1. The van der Waals surface area contributed by atoms with Crippen LogP contribution in [0, 0.1) is 5.92 Å². The summed E-state index contributed by atoms with van der Waals surface area (Å²) in [5.74, 6) is 0.899. The van der Waals surface area contributed by atoms with Crippen LogP contribution in [0.4, 0.5) is 5.69 Å². The van der Waals surface area contributed by atoms with Crippen LogP contribution >= 0.6 is 0 Å². The Labute approximate surface area is 114 Å². The van der Waals surface area contributed by atoms with Crippen LogP contribution in [0.15, 0.2) is 18.2 Å². The van der Waals surface area contributed by atoms with Gasteiger partial charge >= 0.3 is 0 Å². The number of benzene rings is 1. The Morgan fingerprint density at radius 3 is 2.84 bits per heavy atom. The standard InChI is InChI=1S/C15H22N2O2/c1-4-12-9-17(15(18)10(2)3)13-6-5-11(8-16)7-14(13)19-12/h5-7,10,12H,4,8-9,16H2,1-3H3. The van der Waals surface area contributed by atoms with Gasteiger partial charge in [0.15, 0.2) is 0 Å².